The Bertz CT molecular complexity index is 1040. The zero-order chi connectivity index (χ0) is 21.9. The van der Waals surface area contributed by atoms with Crippen molar-refractivity contribution in [3.63, 3.8) is 0 Å². The van der Waals surface area contributed by atoms with Gasteiger partial charge in [0.1, 0.15) is 0 Å². The lowest BCUT2D eigenvalue weighted by atomic mass is 10.1. The van der Waals surface area contributed by atoms with Crippen LogP contribution in [0.15, 0.2) is 83.1 Å². The van der Waals surface area contributed by atoms with Crippen molar-refractivity contribution in [2.45, 2.75) is 39.3 Å². The zero-order valence-electron chi connectivity index (χ0n) is 18.0. The molecule has 32 heavy (non-hydrogen) atoms. The van der Waals surface area contributed by atoms with E-state index in [-0.39, 0.29) is 0 Å². The molecule has 2 unspecified atom stereocenters. The molecule has 0 saturated heterocycles. The monoisotopic (exact) mass is 428 g/mol. The van der Waals surface area contributed by atoms with Crippen LogP contribution in [-0.2, 0) is 32.0 Å². The van der Waals surface area contributed by atoms with Crippen molar-refractivity contribution in [1.82, 2.24) is 0 Å². The van der Waals surface area contributed by atoms with Crippen molar-refractivity contribution >= 4 is 11.8 Å². The molecule has 2 atom stereocenters. The number of rotatable bonds is 6. The van der Waals surface area contributed by atoms with Gasteiger partial charge in [-0.3, -0.25) is 0 Å². The lowest BCUT2D eigenvalue weighted by molar-refractivity contribution is -0.0501. The van der Waals surface area contributed by atoms with E-state index in [2.05, 4.69) is 48.4 Å². The Balaban J connectivity index is 1.22. The molecule has 0 fully saturated rings. The summed E-state index contributed by atoms with van der Waals surface area (Å²) in [6.45, 7) is 4.25. The van der Waals surface area contributed by atoms with E-state index >= 15 is 0 Å². The van der Waals surface area contributed by atoms with Crippen LogP contribution in [0.2, 0.25) is 0 Å². The molecule has 2 aliphatic rings. The first-order chi connectivity index (χ1) is 15.7. The SMILES string of the molecule is CCc1ccc(C2ON=C(c3ccc(C4=NOC(c5ccc(CC)cc5)O4)cc3)O2)cc1. The maximum Gasteiger partial charge on any atom is 0.293 e. The highest BCUT2D eigenvalue weighted by atomic mass is 16.8. The second-order valence-corrected chi connectivity index (χ2v) is 7.67. The molecule has 2 aliphatic heterocycles. The number of hydrogen-bond acceptors (Lipinski definition) is 6. The van der Waals surface area contributed by atoms with Crippen LogP contribution in [-0.4, -0.2) is 11.8 Å². The Kier molecular flexibility index (Phi) is 5.50. The molecule has 0 aromatic heterocycles. The Morgan fingerprint density at radius 3 is 1.28 bits per heavy atom. The van der Waals surface area contributed by atoms with Crippen LogP contribution >= 0.6 is 0 Å². The van der Waals surface area contributed by atoms with Crippen molar-refractivity contribution in [1.29, 1.82) is 0 Å². The van der Waals surface area contributed by atoms with E-state index in [0.29, 0.717) is 11.8 Å². The fraction of sp³-hybridized carbons (Fsp3) is 0.231. The molecule has 0 radical (unpaired) electrons. The van der Waals surface area contributed by atoms with E-state index in [1.807, 2.05) is 48.5 Å². The first kappa shape index (κ1) is 20.1. The number of oxime groups is 2. The molecule has 0 bridgehead atoms. The predicted octanol–water partition coefficient (Wildman–Crippen LogP) is 5.63. The maximum absolute atomic E-state index is 5.91. The standard InChI is InChI=1S/C26H24N2O4/c1-3-17-5-9-21(10-6-17)25-29-23(27-31-25)19-13-15-20(16-14-19)24-28-32-26(30-24)22-11-7-18(4-2)8-12-22/h5-16,25-26H,3-4H2,1-2H3. The fourth-order valence-corrected chi connectivity index (χ4v) is 3.56. The summed E-state index contributed by atoms with van der Waals surface area (Å²) < 4.78 is 11.8. The van der Waals surface area contributed by atoms with Crippen LogP contribution in [0.4, 0.5) is 0 Å². The molecule has 2 heterocycles. The Labute approximate surface area is 187 Å². The van der Waals surface area contributed by atoms with Crippen LogP contribution in [0.3, 0.4) is 0 Å². The first-order valence-electron chi connectivity index (χ1n) is 10.8. The number of hydrogen-bond donors (Lipinski definition) is 0. The molecule has 0 amide bonds. The average molecular weight is 428 g/mol. The van der Waals surface area contributed by atoms with Gasteiger partial charge in [0.15, 0.2) is 0 Å². The van der Waals surface area contributed by atoms with Gasteiger partial charge in [-0.1, -0.05) is 62.4 Å². The van der Waals surface area contributed by atoms with Gasteiger partial charge in [0, 0.05) is 22.3 Å². The Morgan fingerprint density at radius 2 is 0.938 bits per heavy atom. The van der Waals surface area contributed by atoms with Crippen molar-refractivity contribution in [3.05, 3.63) is 106 Å². The Hall–Kier alpha value is -3.80. The van der Waals surface area contributed by atoms with E-state index in [4.69, 9.17) is 19.1 Å². The second kappa shape index (κ2) is 8.75. The highest BCUT2D eigenvalue weighted by molar-refractivity contribution is 5.98. The fourth-order valence-electron chi connectivity index (χ4n) is 3.56. The van der Waals surface area contributed by atoms with Gasteiger partial charge in [-0.05, 0) is 58.5 Å². The van der Waals surface area contributed by atoms with Crippen molar-refractivity contribution in [2.24, 2.45) is 10.3 Å². The van der Waals surface area contributed by atoms with Crippen LogP contribution in [0.1, 0.15) is 59.8 Å². The van der Waals surface area contributed by atoms with Crippen molar-refractivity contribution < 1.29 is 19.1 Å². The summed E-state index contributed by atoms with van der Waals surface area (Å²) in [6.07, 6.45) is 0.914. The van der Waals surface area contributed by atoms with Gasteiger partial charge in [0.05, 0.1) is 0 Å². The van der Waals surface area contributed by atoms with Gasteiger partial charge in [0.2, 0.25) is 0 Å². The molecule has 6 nitrogen and oxygen atoms in total. The highest BCUT2D eigenvalue weighted by Crippen LogP contribution is 2.29. The number of benzene rings is 3. The van der Waals surface area contributed by atoms with Crippen molar-refractivity contribution in [2.75, 3.05) is 0 Å². The zero-order valence-corrected chi connectivity index (χ0v) is 18.0. The smallest absolute Gasteiger partial charge is 0.293 e. The summed E-state index contributed by atoms with van der Waals surface area (Å²) in [5, 5.41) is 8.22. The van der Waals surface area contributed by atoms with E-state index in [0.717, 1.165) is 35.1 Å². The van der Waals surface area contributed by atoms with Gasteiger partial charge in [0.25, 0.3) is 24.4 Å². The van der Waals surface area contributed by atoms with Gasteiger partial charge in [-0.25, -0.2) is 0 Å². The summed E-state index contributed by atoms with van der Waals surface area (Å²) in [7, 11) is 0. The molecule has 3 aromatic rings. The Morgan fingerprint density at radius 1 is 0.562 bits per heavy atom. The third-order valence-corrected chi connectivity index (χ3v) is 5.60. The maximum atomic E-state index is 5.91. The topological polar surface area (TPSA) is 61.6 Å². The molecule has 162 valence electrons. The van der Waals surface area contributed by atoms with Crippen LogP contribution < -0.4 is 0 Å². The number of ether oxygens (including phenoxy) is 2. The highest BCUT2D eigenvalue weighted by Gasteiger charge is 2.27. The summed E-state index contributed by atoms with van der Waals surface area (Å²) in [6, 6.07) is 23.9. The minimum absolute atomic E-state index is 0.445. The molecular weight excluding hydrogens is 404 g/mol. The third-order valence-electron chi connectivity index (χ3n) is 5.60. The average Bonchev–Trinajstić information content (AvgIpc) is 3.55. The molecule has 3 aromatic carbocycles. The number of nitrogens with zero attached hydrogens (tertiary/aromatic N) is 2. The van der Waals surface area contributed by atoms with E-state index in [9.17, 15) is 0 Å². The lowest BCUT2D eigenvalue weighted by Gasteiger charge is -2.11. The molecule has 6 heteroatoms. The molecule has 0 aliphatic carbocycles. The normalized spacial score (nSPS) is 19.3. The van der Waals surface area contributed by atoms with Crippen LogP contribution in [0.5, 0.6) is 0 Å². The predicted molar refractivity (Wildman–Crippen MR) is 121 cm³/mol. The van der Waals surface area contributed by atoms with Crippen LogP contribution in [0, 0.1) is 0 Å². The summed E-state index contributed by atoms with van der Waals surface area (Å²) in [5.74, 6) is 0.890. The quantitative estimate of drug-likeness (QED) is 0.511. The van der Waals surface area contributed by atoms with Gasteiger partial charge >= 0.3 is 0 Å². The van der Waals surface area contributed by atoms with Gasteiger partial charge < -0.3 is 19.1 Å². The number of aryl methyl sites for hydroxylation is 2. The molecular formula is C26H24N2O4. The lowest BCUT2D eigenvalue weighted by Crippen LogP contribution is -2.08. The minimum Gasteiger partial charge on any atom is -0.428 e. The summed E-state index contributed by atoms with van der Waals surface area (Å²) in [4.78, 5) is 11.0. The largest absolute Gasteiger partial charge is 0.428 e. The molecule has 0 N–H and O–H groups in total. The summed E-state index contributed by atoms with van der Waals surface area (Å²) >= 11 is 0. The van der Waals surface area contributed by atoms with Gasteiger partial charge in [-0.15, -0.1) is 0 Å². The minimum atomic E-state index is -0.536. The molecule has 0 spiro atoms. The van der Waals surface area contributed by atoms with Crippen LogP contribution in [0.25, 0.3) is 0 Å². The van der Waals surface area contributed by atoms with E-state index in [1.54, 1.807) is 0 Å². The first-order valence-corrected chi connectivity index (χ1v) is 10.8. The van der Waals surface area contributed by atoms with Crippen molar-refractivity contribution in [3.8, 4) is 0 Å². The second-order valence-electron chi connectivity index (χ2n) is 7.67. The molecule has 5 rings (SSSR count). The molecule has 0 saturated carbocycles. The summed E-state index contributed by atoms with van der Waals surface area (Å²) in [5.41, 5.74) is 6.03. The third kappa shape index (κ3) is 4.04. The van der Waals surface area contributed by atoms with Gasteiger partial charge in [-0.2, -0.15) is 0 Å². The van der Waals surface area contributed by atoms with E-state index < -0.39 is 12.6 Å². The van der Waals surface area contributed by atoms with E-state index in [1.165, 1.54) is 11.1 Å².